The topological polar surface area (TPSA) is 91.5 Å². The van der Waals surface area contributed by atoms with Crippen molar-refractivity contribution in [1.82, 2.24) is 15.1 Å². The van der Waals surface area contributed by atoms with Crippen molar-refractivity contribution in [2.45, 2.75) is 32.7 Å². The Balaban J connectivity index is 2.49. The van der Waals surface area contributed by atoms with Gasteiger partial charge in [0.2, 0.25) is 11.8 Å². The maximum absolute atomic E-state index is 11.7. The molecule has 0 aliphatic carbocycles. The molecule has 7 nitrogen and oxygen atoms in total. The molecule has 0 aliphatic rings. The zero-order chi connectivity index (χ0) is 13.7. The average Bonchev–Trinajstić information content (AvgIpc) is 2.76. The molecule has 0 aromatic carbocycles. The molecular weight excluding hydrogens is 236 g/mol. The van der Waals surface area contributed by atoms with Gasteiger partial charge in [-0.15, -0.1) is 5.10 Å². The number of aromatic nitrogens is 2. The van der Waals surface area contributed by atoms with Crippen molar-refractivity contribution in [1.29, 1.82) is 0 Å². The predicted octanol–water partition coefficient (Wildman–Crippen LogP) is 0.444. The molecular formula is C11H20N4O3. The van der Waals surface area contributed by atoms with Crippen molar-refractivity contribution in [2.24, 2.45) is 0 Å². The number of hydrogen-bond donors (Lipinski definition) is 2. The summed E-state index contributed by atoms with van der Waals surface area (Å²) in [6, 6.07) is 0.0263. The minimum Gasteiger partial charge on any atom is -0.408 e. The molecule has 1 rings (SSSR count). The Labute approximate surface area is 106 Å². The largest absolute Gasteiger partial charge is 0.408 e. The lowest BCUT2D eigenvalue weighted by Crippen LogP contribution is -2.38. The third-order valence-electron chi connectivity index (χ3n) is 2.59. The summed E-state index contributed by atoms with van der Waals surface area (Å²) < 4.78 is 5.26. The second-order valence-corrected chi connectivity index (χ2v) is 4.60. The molecule has 102 valence electrons. The fourth-order valence-corrected chi connectivity index (χ4v) is 1.20. The number of carbonyl (C=O) groups is 1. The third kappa shape index (κ3) is 4.08. The van der Waals surface area contributed by atoms with E-state index in [2.05, 4.69) is 15.5 Å². The Kier molecular flexibility index (Phi) is 5.24. The van der Waals surface area contributed by atoms with Crippen molar-refractivity contribution in [3.05, 3.63) is 5.89 Å². The first-order valence-corrected chi connectivity index (χ1v) is 5.88. The number of nitrogens with one attached hydrogen (secondary N) is 1. The molecule has 0 saturated heterocycles. The van der Waals surface area contributed by atoms with Gasteiger partial charge in [0.15, 0.2) is 0 Å². The van der Waals surface area contributed by atoms with Gasteiger partial charge < -0.3 is 9.52 Å². The highest BCUT2D eigenvalue weighted by Crippen LogP contribution is 2.14. The zero-order valence-electron chi connectivity index (χ0n) is 11.2. The fraction of sp³-hybridized carbons (Fsp3) is 0.727. The van der Waals surface area contributed by atoms with Crippen LogP contribution in [0.25, 0.3) is 0 Å². The minimum atomic E-state index is -0.253. The van der Waals surface area contributed by atoms with Gasteiger partial charge in [0.1, 0.15) is 0 Å². The normalized spacial score (nSPS) is 13.1. The van der Waals surface area contributed by atoms with Gasteiger partial charge in [0.05, 0.1) is 13.2 Å². The van der Waals surface area contributed by atoms with E-state index in [-0.39, 0.29) is 37.0 Å². The monoisotopic (exact) mass is 256 g/mol. The van der Waals surface area contributed by atoms with Crippen LogP contribution < -0.4 is 5.32 Å². The predicted molar refractivity (Wildman–Crippen MR) is 66.2 cm³/mol. The quantitative estimate of drug-likeness (QED) is 0.767. The lowest BCUT2D eigenvalue weighted by atomic mass is 10.2. The Morgan fingerprint density at radius 3 is 2.61 bits per heavy atom. The van der Waals surface area contributed by atoms with E-state index in [9.17, 15) is 4.79 Å². The Bertz CT molecular complexity index is 391. The maximum atomic E-state index is 11.7. The van der Waals surface area contributed by atoms with Gasteiger partial charge in [-0.1, -0.05) is 18.9 Å². The fourth-order valence-electron chi connectivity index (χ4n) is 1.20. The Morgan fingerprint density at radius 2 is 2.11 bits per heavy atom. The summed E-state index contributed by atoms with van der Waals surface area (Å²) >= 11 is 0. The molecule has 0 bridgehead atoms. The number of amides is 1. The van der Waals surface area contributed by atoms with Gasteiger partial charge >= 0.3 is 6.01 Å². The van der Waals surface area contributed by atoms with Crippen LogP contribution in [0, 0.1) is 0 Å². The molecule has 0 spiro atoms. The van der Waals surface area contributed by atoms with Gasteiger partial charge in [0.25, 0.3) is 0 Å². The number of aliphatic hydroxyl groups is 1. The van der Waals surface area contributed by atoms with Crippen LogP contribution in [-0.2, 0) is 4.79 Å². The molecule has 0 radical (unpaired) electrons. The van der Waals surface area contributed by atoms with E-state index in [1.807, 2.05) is 20.8 Å². The Morgan fingerprint density at radius 1 is 1.44 bits per heavy atom. The SMILES string of the molecule is CC(C)c1nnc(NC(=O)CN(C)C(C)CO)o1. The molecule has 1 heterocycles. The summed E-state index contributed by atoms with van der Waals surface area (Å²) in [5, 5.41) is 19.0. The van der Waals surface area contributed by atoms with Gasteiger partial charge in [-0.3, -0.25) is 15.0 Å². The first-order chi connectivity index (χ1) is 8.43. The number of likely N-dealkylation sites (N-methyl/N-ethyl adjacent to an activating group) is 1. The van der Waals surface area contributed by atoms with Crippen molar-refractivity contribution in [2.75, 3.05) is 25.5 Å². The number of hydrogen-bond acceptors (Lipinski definition) is 6. The van der Waals surface area contributed by atoms with Gasteiger partial charge in [0, 0.05) is 12.0 Å². The van der Waals surface area contributed by atoms with Gasteiger partial charge in [-0.25, -0.2) is 0 Å². The van der Waals surface area contributed by atoms with Gasteiger partial charge in [-0.05, 0) is 14.0 Å². The van der Waals surface area contributed by atoms with Crippen molar-refractivity contribution < 1.29 is 14.3 Å². The highest BCUT2D eigenvalue weighted by atomic mass is 16.4. The Hall–Kier alpha value is -1.47. The van der Waals surface area contributed by atoms with Crippen LogP contribution in [-0.4, -0.2) is 52.4 Å². The number of aliphatic hydroxyl groups excluding tert-OH is 1. The van der Waals surface area contributed by atoms with E-state index in [1.54, 1.807) is 11.9 Å². The molecule has 2 N–H and O–H groups in total. The molecule has 18 heavy (non-hydrogen) atoms. The van der Waals surface area contributed by atoms with E-state index in [0.717, 1.165) is 0 Å². The number of rotatable bonds is 6. The average molecular weight is 256 g/mol. The lowest BCUT2D eigenvalue weighted by Gasteiger charge is -2.21. The lowest BCUT2D eigenvalue weighted by molar-refractivity contribution is -0.117. The highest BCUT2D eigenvalue weighted by molar-refractivity contribution is 5.90. The third-order valence-corrected chi connectivity index (χ3v) is 2.59. The minimum absolute atomic E-state index is 0.00182. The van der Waals surface area contributed by atoms with E-state index >= 15 is 0 Å². The molecule has 7 heteroatoms. The number of nitrogens with zero attached hydrogens (tertiary/aromatic N) is 3. The number of carbonyl (C=O) groups excluding carboxylic acids is 1. The second-order valence-electron chi connectivity index (χ2n) is 4.60. The van der Waals surface area contributed by atoms with Crippen LogP contribution in [0.2, 0.25) is 0 Å². The van der Waals surface area contributed by atoms with Crippen LogP contribution in [0.3, 0.4) is 0 Å². The van der Waals surface area contributed by atoms with Crippen molar-refractivity contribution in [3.8, 4) is 0 Å². The highest BCUT2D eigenvalue weighted by Gasteiger charge is 2.15. The van der Waals surface area contributed by atoms with E-state index in [0.29, 0.717) is 5.89 Å². The summed E-state index contributed by atoms with van der Waals surface area (Å²) in [6.45, 7) is 5.84. The molecule has 0 fully saturated rings. The van der Waals surface area contributed by atoms with Crippen LogP contribution in [0.1, 0.15) is 32.6 Å². The van der Waals surface area contributed by atoms with Crippen molar-refractivity contribution >= 4 is 11.9 Å². The van der Waals surface area contributed by atoms with Crippen LogP contribution >= 0.6 is 0 Å². The second kappa shape index (κ2) is 6.46. The molecule has 1 amide bonds. The summed E-state index contributed by atoms with van der Waals surface area (Å²) in [5.41, 5.74) is 0. The molecule has 1 unspecified atom stereocenters. The first-order valence-electron chi connectivity index (χ1n) is 5.88. The summed E-state index contributed by atoms with van der Waals surface area (Å²) in [4.78, 5) is 13.4. The zero-order valence-corrected chi connectivity index (χ0v) is 11.2. The standard InChI is InChI=1S/C11H20N4O3/c1-7(2)10-13-14-11(18-10)12-9(17)5-15(4)8(3)6-16/h7-8,16H,5-6H2,1-4H3,(H,12,14,17). The van der Waals surface area contributed by atoms with E-state index in [1.165, 1.54) is 0 Å². The van der Waals surface area contributed by atoms with E-state index < -0.39 is 0 Å². The van der Waals surface area contributed by atoms with Gasteiger partial charge in [-0.2, -0.15) is 0 Å². The smallest absolute Gasteiger partial charge is 0.322 e. The summed E-state index contributed by atoms with van der Waals surface area (Å²) in [7, 11) is 1.76. The van der Waals surface area contributed by atoms with Crippen LogP contribution in [0.5, 0.6) is 0 Å². The van der Waals surface area contributed by atoms with Crippen molar-refractivity contribution in [3.63, 3.8) is 0 Å². The first kappa shape index (κ1) is 14.6. The van der Waals surface area contributed by atoms with Crippen LogP contribution in [0.15, 0.2) is 4.42 Å². The van der Waals surface area contributed by atoms with E-state index in [4.69, 9.17) is 9.52 Å². The summed E-state index contributed by atoms with van der Waals surface area (Å²) in [6.07, 6.45) is 0. The molecule has 1 aromatic heterocycles. The van der Waals surface area contributed by atoms with Crippen LogP contribution in [0.4, 0.5) is 6.01 Å². The maximum Gasteiger partial charge on any atom is 0.322 e. The molecule has 1 aromatic rings. The number of anilines is 1. The summed E-state index contributed by atoms with van der Waals surface area (Å²) in [5.74, 6) is 0.361. The molecule has 0 aliphatic heterocycles. The molecule has 0 saturated carbocycles. The molecule has 1 atom stereocenters.